The van der Waals surface area contributed by atoms with E-state index in [0.29, 0.717) is 0 Å². The molecule has 8 atom stereocenters. The molecule has 0 aromatic carbocycles. The van der Waals surface area contributed by atoms with Crippen molar-refractivity contribution in [2.75, 3.05) is 18.4 Å². The van der Waals surface area contributed by atoms with E-state index in [-0.39, 0.29) is 37.4 Å². The van der Waals surface area contributed by atoms with Gasteiger partial charge in [-0.1, -0.05) is 27.7 Å². The van der Waals surface area contributed by atoms with Gasteiger partial charge in [0.25, 0.3) is 5.91 Å². The van der Waals surface area contributed by atoms with Crippen LogP contribution in [0.1, 0.15) is 47.0 Å². The summed E-state index contributed by atoms with van der Waals surface area (Å²) in [7, 11) is -5.98. The molecule has 3 amide bonds. The van der Waals surface area contributed by atoms with Gasteiger partial charge in [-0.25, -0.2) is 17.8 Å². The molecule has 3 aliphatic heterocycles. The summed E-state index contributed by atoms with van der Waals surface area (Å²) in [5.41, 5.74) is -8.77. The SMILES string of the molecule is C[C@H]1[C@H]2[C@@H](CC[C@H]1F)CN(C(=O)[C@@H](NS(=O)(=O)C(F)(F)F)C(C)(C)C)[C@@H]2C(=O)N1C[C@@]2(C[C@H]1C#N)Oc1cccnc1NC2=O. The fourth-order valence-electron chi connectivity index (χ4n) is 7.01. The quantitative estimate of drug-likeness (QED) is 0.466. The smallest absolute Gasteiger partial charge is 0.472 e. The lowest BCUT2D eigenvalue weighted by atomic mass is 9.70. The van der Waals surface area contributed by atoms with E-state index in [1.165, 1.54) is 31.7 Å². The predicted molar refractivity (Wildman–Crippen MR) is 149 cm³/mol. The Kier molecular flexibility index (Phi) is 8.09. The first-order valence-corrected chi connectivity index (χ1v) is 16.0. The second-order valence-corrected chi connectivity index (χ2v) is 15.0. The summed E-state index contributed by atoms with van der Waals surface area (Å²) in [4.78, 5) is 48.0. The van der Waals surface area contributed by atoms with E-state index in [1.54, 1.807) is 19.1 Å². The fraction of sp³-hybridized carbons (Fsp3) is 0.679. The highest BCUT2D eigenvalue weighted by Gasteiger charge is 2.61. The zero-order valence-electron chi connectivity index (χ0n) is 25.0. The number of amides is 3. The highest BCUT2D eigenvalue weighted by molar-refractivity contribution is 7.90. The maximum Gasteiger partial charge on any atom is 0.511 e. The lowest BCUT2D eigenvalue weighted by Gasteiger charge is -2.40. The molecule has 17 heteroatoms. The monoisotopic (exact) mass is 658 g/mol. The van der Waals surface area contributed by atoms with Crippen molar-refractivity contribution in [1.29, 1.82) is 5.26 Å². The van der Waals surface area contributed by atoms with Crippen LogP contribution in [0.4, 0.5) is 23.4 Å². The molecule has 0 bridgehead atoms. The minimum absolute atomic E-state index is 0.135. The van der Waals surface area contributed by atoms with E-state index < -0.39 is 92.9 Å². The number of halogens is 4. The number of nitriles is 1. The third-order valence-electron chi connectivity index (χ3n) is 9.37. The summed E-state index contributed by atoms with van der Waals surface area (Å²) in [6.45, 7) is 5.15. The van der Waals surface area contributed by atoms with Crippen molar-refractivity contribution in [2.45, 2.75) is 82.4 Å². The number of hydrogen-bond acceptors (Lipinski definition) is 8. The van der Waals surface area contributed by atoms with E-state index in [1.807, 2.05) is 6.07 Å². The van der Waals surface area contributed by atoms with Gasteiger partial charge in [0.1, 0.15) is 24.3 Å². The molecule has 4 heterocycles. The molecule has 0 radical (unpaired) electrons. The number of nitrogens with one attached hydrogen (secondary N) is 2. The number of carbonyl (C=O) groups is 3. The van der Waals surface area contributed by atoms with Crippen molar-refractivity contribution in [3.8, 4) is 11.8 Å². The minimum Gasteiger partial charge on any atom is -0.472 e. The number of nitrogens with zero attached hydrogens (tertiary/aromatic N) is 4. The predicted octanol–water partition coefficient (Wildman–Crippen LogP) is 2.34. The Morgan fingerprint density at radius 3 is 2.56 bits per heavy atom. The van der Waals surface area contributed by atoms with Crippen molar-refractivity contribution in [3.63, 3.8) is 0 Å². The number of carbonyl (C=O) groups excluding carboxylic acids is 3. The molecule has 246 valence electrons. The van der Waals surface area contributed by atoms with Crippen LogP contribution in [0.5, 0.6) is 5.75 Å². The maximum atomic E-state index is 15.1. The minimum atomic E-state index is -5.98. The molecule has 0 unspecified atom stereocenters. The van der Waals surface area contributed by atoms with Gasteiger partial charge in [-0.15, -0.1) is 0 Å². The number of anilines is 1. The zero-order valence-corrected chi connectivity index (χ0v) is 25.8. The first-order valence-electron chi connectivity index (χ1n) is 14.5. The third kappa shape index (κ3) is 5.60. The molecular weight excluding hydrogens is 624 g/mol. The summed E-state index contributed by atoms with van der Waals surface area (Å²) in [5.74, 6) is -4.13. The molecule has 1 aromatic rings. The number of likely N-dealkylation sites (tertiary alicyclic amines) is 2. The molecule has 1 aromatic heterocycles. The summed E-state index contributed by atoms with van der Waals surface area (Å²) in [5, 5.41) is 12.7. The van der Waals surface area contributed by atoms with E-state index in [2.05, 4.69) is 10.3 Å². The van der Waals surface area contributed by atoms with Crippen molar-refractivity contribution in [1.82, 2.24) is 19.5 Å². The van der Waals surface area contributed by atoms with Gasteiger partial charge in [0.2, 0.25) is 17.4 Å². The Labute approximate surface area is 257 Å². The second-order valence-electron chi connectivity index (χ2n) is 13.3. The van der Waals surface area contributed by atoms with E-state index in [9.17, 15) is 41.2 Å². The number of alkyl halides is 4. The average Bonchev–Trinajstić information content (AvgIpc) is 3.52. The number of pyridine rings is 1. The molecule has 1 aliphatic carbocycles. The molecule has 45 heavy (non-hydrogen) atoms. The van der Waals surface area contributed by atoms with Gasteiger partial charge in [-0.3, -0.25) is 14.4 Å². The standard InChI is InChI=1S/C28H34F4N6O6S/c1-14-17(29)8-7-15-12-37(24(40)21(26(2,3)4)36-45(42,43)28(30,31)32)20(19(14)15)23(39)38-13-27(10-16(38)11-33)25(41)35-22-18(44-27)6-5-9-34-22/h5-6,9,14-17,19-21,36H,7-8,10,12-13H2,1-4H3,(H,34,35,41)/t14-,15+,16+,17-,19+,20+,21-,27-/m1/s1. The van der Waals surface area contributed by atoms with E-state index >= 15 is 4.39 Å². The first kappa shape index (κ1) is 32.9. The zero-order chi connectivity index (χ0) is 33.3. The van der Waals surface area contributed by atoms with E-state index in [0.717, 1.165) is 9.80 Å². The molecule has 1 saturated carbocycles. The van der Waals surface area contributed by atoms with Gasteiger partial charge in [-0.05, 0) is 48.1 Å². The lowest BCUT2D eigenvalue weighted by molar-refractivity contribution is -0.149. The van der Waals surface area contributed by atoms with Crippen molar-refractivity contribution < 1.29 is 45.1 Å². The largest absolute Gasteiger partial charge is 0.511 e. The fourth-order valence-corrected chi connectivity index (χ4v) is 7.91. The van der Waals surface area contributed by atoms with Crippen LogP contribution in [0.2, 0.25) is 0 Å². The topological polar surface area (TPSA) is 162 Å². The van der Waals surface area contributed by atoms with Crippen LogP contribution >= 0.6 is 0 Å². The number of sulfonamides is 1. The van der Waals surface area contributed by atoms with Crippen LogP contribution in [0.15, 0.2) is 18.3 Å². The Morgan fingerprint density at radius 2 is 1.93 bits per heavy atom. The highest BCUT2D eigenvalue weighted by atomic mass is 32.2. The summed E-state index contributed by atoms with van der Waals surface area (Å²) < 4.78 is 87.1. The van der Waals surface area contributed by atoms with E-state index in [4.69, 9.17) is 4.74 Å². The molecule has 3 fully saturated rings. The summed E-state index contributed by atoms with van der Waals surface area (Å²) in [6.07, 6.45) is 0.283. The van der Waals surface area contributed by atoms with Gasteiger partial charge in [0.05, 0.1) is 12.6 Å². The number of rotatable bonds is 4. The number of aromatic nitrogens is 1. The molecule has 1 spiro atoms. The van der Waals surface area contributed by atoms with Crippen molar-refractivity contribution >= 4 is 33.6 Å². The lowest BCUT2D eigenvalue weighted by Crippen LogP contribution is -2.61. The van der Waals surface area contributed by atoms with Crippen LogP contribution < -0.4 is 14.8 Å². The third-order valence-corrected chi connectivity index (χ3v) is 10.5. The number of fused-ring (bicyclic) bond motifs is 2. The van der Waals surface area contributed by atoms with Gasteiger partial charge in [0, 0.05) is 19.2 Å². The Balaban J connectivity index is 1.52. The molecule has 2 saturated heterocycles. The van der Waals surface area contributed by atoms with Gasteiger partial charge < -0.3 is 19.9 Å². The molecule has 2 N–H and O–H groups in total. The van der Waals surface area contributed by atoms with Crippen LogP contribution in [-0.4, -0.2) is 89.4 Å². The Morgan fingerprint density at radius 1 is 1.24 bits per heavy atom. The molecule has 5 rings (SSSR count). The van der Waals surface area contributed by atoms with Gasteiger partial charge >= 0.3 is 15.5 Å². The second kappa shape index (κ2) is 11.1. The van der Waals surface area contributed by atoms with Gasteiger partial charge in [0.15, 0.2) is 11.6 Å². The Bertz CT molecular complexity index is 1540. The average molecular weight is 659 g/mol. The van der Waals surface area contributed by atoms with Crippen LogP contribution in [0.25, 0.3) is 0 Å². The normalized spacial score (nSPS) is 32.3. The molecule has 12 nitrogen and oxygen atoms in total. The van der Waals surface area contributed by atoms with Gasteiger partial charge in [-0.2, -0.15) is 23.2 Å². The number of ether oxygens (including phenoxy) is 1. The van der Waals surface area contributed by atoms with Crippen LogP contribution in [0, 0.1) is 34.5 Å². The summed E-state index contributed by atoms with van der Waals surface area (Å²) in [6, 6.07) is 0.534. The summed E-state index contributed by atoms with van der Waals surface area (Å²) >= 11 is 0. The van der Waals surface area contributed by atoms with Crippen LogP contribution in [-0.2, 0) is 24.4 Å². The Hall–Kier alpha value is -3.52. The molecular formula is C28H34F4N6O6S. The maximum absolute atomic E-state index is 15.1. The first-order chi connectivity index (χ1) is 20.8. The van der Waals surface area contributed by atoms with Crippen LogP contribution in [0.3, 0.4) is 0 Å². The highest BCUT2D eigenvalue weighted by Crippen LogP contribution is 2.48. The van der Waals surface area contributed by atoms with Crippen molar-refractivity contribution in [2.24, 2.45) is 23.2 Å². The molecule has 4 aliphatic rings. The number of hydrogen-bond donors (Lipinski definition) is 2. The van der Waals surface area contributed by atoms with Crippen molar-refractivity contribution in [3.05, 3.63) is 18.3 Å².